The summed E-state index contributed by atoms with van der Waals surface area (Å²) in [5, 5.41) is 12.9. The van der Waals surface area contributed by atoms with Crippen molar-refractivity contribution >= 4 is 38.7 Å². The molecule has 0 radical (unpaired) electrons. The summed E-state index contributed by atoms with van der Waals surface area (Å²) in [6.07, 6.45) is -0.0285. The van der Waals surface area contributed by atoms with Crippen LogP contribution in [0.1, 0.15) is 20.3 Å². The van der Waals surface area contributed by atoms with Gasteiger partial charge in [0.15, 0.2) is 5.12 Å². The van der Waals surface area contributed by atoms with E-state index in [2.05, 4.69) is 21.2 Å². The summed E-state index contributed by atoms with van der Waals surface area (Å²) < 4.78 is 0. The van der Waals surface area contributed by atoms with Crippen molar-refractivity contribution in [3.05, 3.63) is 0 Å². The summed E-state index contributed by atoms with van der Waals surface area (Å²) in [6, 6.07) is 0. The molecule has 0 spiro atoms. The molecule has 0 rings (SSSR count). The van der Waals surface area contributed by atoms with Gasteiger partial charge in [0.25, 0.3) is 0 Å². The van der Waals surface area contributed by atoms with Crippen molar-refractivity contribution in [1.82, 2.24) is 5.32 Å². The molecule has 0 aliphatic rings. The maximum Gasteiger partial charge on any atom is 0.216 e. The van der Waals surface area contributed by atoms with Crippen LogP contribution in [0, 0.1) is 5.92 Å². The quantitative estimate of drug-likeness (QED) is 0.547. The maximum absolute atomic E-state index is 11.6. The van der Waals surface area contributed by atoms with Gasteiger partial charge in [0.1, 0.15) is 0 Å². The molecule has 1 amide bonds. The lowest BCUT2D eigenvalue weighted by atomic mass is 10.1. The number of hydrogen-bond donors (Lipinski definition) is 2. The van der Waals surface area contributed by atoms with Crippen molar-refractivity contribution in [2.24, 2.45) is 5.92 Å². The van der Waals surface area contributed by atoms with Gasteiger partial charge in [-0.05, 0) is 6.42 Å². The Morgan fingerprint density at radius 2 is 2.12 bits per heavy atom. The maximum atomic E-state index is 11.6. The highest BCUT2D eigenvalue weighted by molar-refractivity contribution is 9.09. The minimum atomic E-state index is -0.597. The highest BCUT2D eigenvalue weighted by Crippen LogP contribution is 2.16. The fraction of sp³-hybridized carbons (Fsp3) is 0.800. The minimum absolute atomic E-state index is 0.0289. The van der Waals surface area contributed by atoms with Gasteiger partial charge >= 0.3 is 0 Å². The highest BCUT2D eigenvalue weighted by Gasteiger charge is 2.21. The molecule has 0 saturated carbocycles. The number of carbonyl (C=O) groups excluding carboxylic acids is 2. The predicted octanol–water partition coefficient (Wildman–Crippen LogP) is 1.16. The monoisotopic (exact) mass is 311 g/mol. The fourth-order valence-corrected chi connectivity index (χ4v) is 2.32. The van der Waals surface area contributed by atoms with E-state index in [9.17, 15) is 14.7 Å². The molecule has 0 aliphatic carbocycles. The van der Waals surface area contributed by atoms with Gasteiger partial charge in [-0.1, -0.05) is 34.6 Å². The lowest BCUT2D eigenvalue weighted by Crippen LogP contribution is -2.26. The molecule has 0 bridgehead atoms. The predicted molar refractivity (Wildman–Crippen MR) is 69.7 cm³/mol. The number of aliphatic hydroxyl groups excluding tert-OH is 1. The number of carbonyl (C=O) groups is 2. The van der Waals surface area contributed by atoms with E-state index in [4.69, 9.17) is 0 Å². The molecule has 0 aromatic carbocycles. The Hall–Kier alpha value is -0.0700. The van der Waals surface area contributed by atoms with Crippen molar-refractivity contribution in [2.45, 2.75) is 26.4 Å². The van der Waals surface area contributed by atoms with Crippen molar-refractivity contribution in [3.63, 3.8) is 0 Å². The van der Waals surface area contributed by atoms with Crippen LogP contribution in [-0.4, -0.2) is 39.9 Å². The third kappa shape index (κ3) is 7.24. The Kier molecular flexibility index (Phi) is 8.97. The van der Waals surface area contributed by atoms with E-state index < -0.39 is 6.10 Å². The summed E-state index contributed by atoms with van der Waals surface area (Å²) in [7, 11) is 0. The van der Waals surface area contributed by atoms with Crippen molar-refractivity contribution < 1.29 is 14.7 Å². The first kappa shape index (κ1) is 15.9. The van der Waals surface area contributed by atoms with Gasteiger partial charge in [0.2, 0.25) is 5.91 Å². The summed E-state index contributed by atoms with van der Waals surface area (Å²) in [4.78, 5) is 22.1. The number of halogens is 1. The number of aliphatic hydroxyl groups is 1. The lowest BCUT2D eigenvalue weighted by molar-refractivity contribution is -0.119. The van der Waals surface area contributed by atoms with Crippen molar-refractivity contribution in [1.29, 1.82) is 0 Å². The average Bonchev–Trinajstić information content (AvgIpc) is 2.23. The Balaban J connectivity index is 3.74. The first-order valence-electron chi connectivity index (χ1n) is 5.14. The summed E-state index contributed by atoms with van der Waals surface area (Å²) >= 11 is 4.37. The second-order valence-electron chi connectivity index (χ2n) is 3.48. The molecule has 0 saturated heterocycles. The molecule has 0 aromatic rings. The van der Waals surface area contributed by atoms with Crippen LogP contribution in [0.3, 0.4) is 0 Å². The van der Waals surface area contributed by atoms with Crippen LogP contribution >= 0.6 is 27.7 Å². The number of rotatable bonds is 7. The zero-order valence-electron chi connectivity index (χ0n) is 9.53. The van der Waals surface area contributed by atoms with E-state index in [1.54, 1.807) is 6.92 Å². The second kappa shape index (κ2) is 9.01. The van der Waals surface area contributed by atoms with Gasteiger partial charge in [0.05, 0.1) is 12.0 Å². The van der Waals surface area contributed by atoms with Crippen LogP contribution in [-0.2, 0) is 9.59 Å². The first-order chi connectivity index (χ1) is 7.49. The smallest absolute Gasteiger partial charge is 0.216 e. The van der Waals surface area contributed by atoms with Crippen LogP contribution in [0.4, 0.5) is 0 Å². The fourth-order valence-electron chi connectivity index (χ4n) is 1.03. The van der Waals surface area contributed by atoms with E-state index >= 15 is 0 Å². The molecular weight excluding hydrogens is 294 g/mol. The Labute approximate surface area is 109 Å². The van der Waals surface area contributed by atoms with Gasteiger partial charge in [-0.2, -0.15) is 0 Å². The van der Waals surface area contributed by atoms with Crippen molar-refractivity contribution in [3.8, 4) is 0 Å². The average molecular weight is 312 g/mol. The molecule has 16 heavy (non-hydrogen) atoms. The molecule has 0 heterocycles. The Bertz CT molecular complexity index is 238. The van der Waals surface area contributed by atoms with E-state index in [0.29, 0.717) is 24.0 Å². The van der Waals surface area contributed by atoms with Crippen LogP contribution < -0.4 is 5.32 Å². The largest absolute Gasteiger partial charge is 0.392 e. The van der Waals surface area contributed by atoms with Gasteiger partial charge in [-0.15, -0.1) is 0 Å². The van der Waals surface area contributed by atoms with Crippen LogP contribution in [0.5, 0.6) is 0 Å². The number of nitrogens with one attached hydrogen (secondary N) is 1. The second-order valence-corrected chi connectivity index (χ2v) is 5.38. The summed E-state index contributed by atoms with van der Waals surface area (Å²) in [5.74, 6) is 0.0874. The SMILES string of the molecule is CC(=O)NCCSC(=O)C(C)C(O)CCBr. The minimum Gasteiger partial charge on any atom is -0.392 e. The van der Waals surface area contributed by atoms with Gasteiger partial charge < -0.3 is 10.4 Å². The molecule has 2 atom stereocenters. The van der Waals surface area contributed by atoms with Crippen LogP contribution in [0.2, 0.25) is 0 Å². The normalized spacial score (nSPS) is 14.2. The summed E-state index contributed by atoms with van der Waals surface area (Å²) in [6.45, 7) is 3.64. The number of amides is 1. The molecule has 2 unspecified atom stereocenters. The molecule has 6 heteroatoms. The first-order valence-corrected chi connectivity index (χ1v) is 7.24. The number of hydrogen-bond acceptors (Lipinski definition) is 4. The lowest BCUT2D eigenvalue weighted by Gasteiger charge is -2.16. The van der Waals surface area contributed by atoms with Crippen LogP contribution in [0.25, 0.3) is 0 Å². The molecule has 4 nitrogen and oxygen atoms in total. The number of thioether (sulfide) groups is 1. The van der Waals surface area contributed by atoms with E-state index in [0.717, 1.165) is 11.8 Å². The molecule has 94 valence electrons. The topological polar surface area (TPSA) is 66.4 Å². The molecule has 0 aromatic heterocycles. The van der Waals surface area contributed by atoms with Gasteiger partial charge in [-0.3, -0.25) is 9.59 Å². The molecule has 0 aliphatic heterocycles. The zero-order valence-corrected chi connectivity index (χ0v) is 11.9. The summed E-state index contributed by atoms with van der Waals surface area (Å²) in [5.41, 5.74) is 0. The van der Waals surface area contributed by atoms with Gasteiger partial charge in [-0.25, -0.2) is 0 Å². The highest BCUT2D eigenvalue weighted by atomic mass is 79.9. The third-order valence-corrected chi connectivity index (χ3v) is 3.60. The Morgan fingerprint density at radius 1 is 1.50 bits per heavy atom. The van der Waals surface area contributed by atoms with Gasteiger partial charge in [0, 0.05) is 24.6 Å². The molecule has 0 fully saturated rings. The van der Waals surface area contributed by atoms with Crippen molar-refractivity contribution in [2.75, 3.05) is 17.6 Å². The third-order valence-electron chi connectivity index (χ3n) is 2.07. The van der Waals surface area contributed by atoms with E-state index in [-0.39, 0.29) is 16.9 Å². The van der Waals surface area contributed by atoms with E-state index in [1.165, 1.54) is 6.92 Å². The standard InChI is InChI=1S/C10H18BrNO3S/c1-7(9(14)3-4-11)10(15)16-6-5-12-8(2)13/h7,9,14H,3-6H2,1-2H3,(H,12,13). The molecule has 2 N–H and O–H groups in total. The Morgan fingerprint density at radius 3 is 2.62 bits per heavy atom. The van der Waals surface area contributed by atoms with Crippen LogP contribution in [0.15, 0.2) is 0 Å². The zero-order chi connectivity index (χ0) is 12.6. The molecular formula is C10H18BrNO3S. The number of alkyl halides is 1. The van der Waals surface area contributed by atoms with E-state index in [1.807, 2.05) is 0 Å².